The molecule has 0 saturated carbocycles. The third-order valence-electron chi connectivity index (χ3n) is 5.50. The van der Waals surface area contributed by atoms with Crippen molar-refractivity contribution in [2.75, 3.05) is 20.3 Å². The molecule has 1 amide bonds. The monoisotopic (exact) mass is 441 g/mol. The first-order chi connectivity index (χ1) is 14.8. The van der Waals surface area contributed by atoms with Crippen LogP contribution in [0.1, 0.15) is 118 Å². The van der Waals surface area contributed by atoms with Gasteiger partial charge in [-0.3, -0.25) is 4.90 Å². The van der Waals surface area contributed by atoms with Crippen LogP contribution in [0.15, 0.2) is 0 Å². The van der Waals surface area contributed by atoms with Gasteiger partial charge in [-0.1, -0.05) is 105 Å². The van der Waals surface area contributed by atoms with Gasteiger partial charge in [0.1, 0.15) is 6.04 Å². The van der Waals surface area contributed by atoms with Gasteiger partial charge in [-0.15, -0.1) is 0 Å². The number of rotatable bonds is 19. The highest BCUT2D eigenvalue weighted by atomic mass is 16.6. The van der Waals surface area contributed by atoms with Crippen molar-refractivity contribution in [2.45, 2.75) is 124 Å². The summed E-state index contributed by atoms with van der Waals surface area (Å²) in [7, 11) is 1.63. The van der Waals surface area contributed by atoms with E-state index in [4.69, 9.17) is 9.47 Å². The second-order valence-corrected chi connectivity index (χ2v) is 9.78. The summed E-state index contributed by atoms with van der Waals surface area (Å²) in [5.74, 6) is 0.226. The van der Waals surface area contributed by atoms with E-state index in [0.717, 1.165) is 12.8 Å². The smallest absolute Gasteiger partial charge is 0.410 e. The second kappa shape index (κ2) is 19.4. The number of amides is 1. The molecular weight excluding hydrogens is 390 g/mol. The number of carbonyl (C=O) groups is 2. The van der Waals surface area contributed by atoms with Crippen LogP contribution in [0, 0.1) is 11.8 Å². The van der Waals surface area contributed by atoms with Crippen molar-refractivity contribution in [3.8, 4) is 0 Å². The van der Waals surface area contributed by atoms with Crippen molar-refractivity contribution in [1.29, 1.82) is 0 Å². The van der Waals surface area contributed by atoms with Crippen LogP contribution in [0.25, 0.3) is 0 Å². The molecule has 0 heterocycles. The number of carbonyl (C=O) groups excluding carboxylic acids is 2. The minimum absolute atomic E-state index is 0.263. The first-order valence-corrected chi connectivity index (χ1v) is 12.9. The Kier molecular flexibility index (Phi) is 18.6. The first-order valence-electron chi connectivity index (χ1n) is 12.9. The molecule has 0 aliphatic heterocycles. The molecule has 0 saturated heterocycles. The molecule has 0 N–H and O–H groups in total. The van der Waals surface area contributed by atoms with Crippen LogP contribution < -0.4 is 0 Å². The lowest BCUT2D eigenvalue weighted by atomic mass is 10.0. The van der Waals surface area contributed by atoms with Gasteiger partial charge in [0.2, 0.25) is 0 Å². The van der Waals surface area contributed by atoms with Gasteiger partial charge in [-0.2, -0.15) is 0 Å². The maximum absolute atomic E-state index is 12.6. The molecule has 0 radical (unpaired) electrons. The van der Waals surface area contributed by atoms with E-state index in [-0.39, 0.29) is 17.8 Å². The molecule has 0 aromatic carbocycles. The van der Waals surface area contributed by atoms with Gasteiger partial charge in [-0.25, -0.2) is 9.59 Å². The zero-order chi connectivity index (χ0) is 23.5. The van der Waals surface area contributed by atoms with Crippen LogP contribution in [-0.4, -0.2) is 43.3 Å². The normalized spacial score (nSPS) is 12.3. The SMILES string of the molecule is CCCCCCCCCCCCCCOC(=O)C(CC(C)C)N(C)C(=O)OCC(C)C. The Bertz CT molecular complexity index is 451. The predicted molar refractivity (Wildman–Crippen MR) is 129 cm³/mol. The van der Waals surface area contributed by atoms with Crippen LogP contribution in [0.3, 0.4) is 0 Å². The van der Waals surface area contributed by atoms with E-state index >= 15 is 0 Å². The summed E-state index contributed by atoms with van der Waals surface area (Å²) >= 11 is 0. The van der Waals surface area contributed by atoms with Crippen molar-refractivity contribution >= 4 is 12.1 Å². The summed E-state index contributed by atoms with van der Waals surface area (Å²) in [5.41, 5.74) is 0. The van der Waals surface area contributed by atoms with Gasteiger partial charge in [0.25, 0.3) is 0 Å². The highest BCUT2D eigenvalue weighted by Crippen LogP contribution is 2.15. The van der Waals surface area contributed by atoms with Gasteiger partial charge >= 0.3 is 12.1 Å². The third kappa shape index (κ3) is 17.0. The highest BCUT2D eigenvalue weighted by Gasteiger charge is 2.30. The molecule has 5 nitrogen and oxygen atoms in total. The number of esters is 1. The minimum Gasteiger partial charge on any atom is -0.464 e. The third-order valence-corrected chi connectivity index (χ3v) is 5.50. The molecule has 0 aliphatic carbocycles. The van der Waals surface area contributed by atoms with E-state index in [9.17, 15) is 9.59 Å². The Hall–Kier alpha value is -1.26. The molecule has 0 aromatic heterocycles. The fourth-order valence-corrected chi connectivity index (χ4v) is 3.54. The molecule has 0 aromatic rings. The molecule has 1 unspecified atom stereocenters. The number of nitrogens with zero attached hydrogens (tertiary/aromatic N) is 1. The molecule has 1 atom stereocenters. The summed E-state index contributed by atoms with van der Waals surface area (Å²) in [4.78, 5) is 26.2. The average molecular weight is 442 g/mol. The lowest BCUT2D eigenvalue weighted by Gasteiger charge is -2.27. The van der Waals surface area contributed by atoms with E-state index in [2.05, 4.69) is 6.92 Å². The zero-order valence-corrected chi connectivity index (χ0v) is 21.4. The van der Waals surface area contributed by atoms with Crippen LogP contribution in [0.4, 0.5) is 4.79 Å². The minimum atomic E-state index is -0.586. The molecule has 31 heavy (non-hydrogen) atoms. The number of hydrogen-bond acceptors (Lipinski definition) is 4. The van der Waals surface area contributed by atoms with Crippen LogP contribution in [0.2, 0.25) is 0 Å². The van der Waals surface area contributed by atoms with Crippen molar-refractivity contribution in [3.63, 3.8) is 0 Å². The van der Waals surface area contributed by atoms with E-state index in [1.165, 1.54) is 69.1 Å². The molecule has 0 aliphatic rings. The summed E-state index contributed by atoms with van der Waals surface area (Å²) in [6.07, 6.45) is 15.4. The van der Waals surface area contributed by atoms with Gasteiger partial charge < -0.3 is 9.47 Å². The maximum Gasteiger partial charge on any atom is 0.410 e. The van der Waals surface area contributed by atoms with E-state index in [1.807, 2.05) is 27.7 Å². The quantitative estimate of drug-likeness (QED) is 0.155. The Morgan fingerprint density at radius 2 is 1.19 bits per heavy atom. The maximum atomic E-state index is 12.6. The summed E-state index contributed by atoms with van der Waals surface area (Å²) < 4.78 is 10.8. The number of hydrogen-bond donors (Lipinski definition) is 0. The Morgan fingerprint density at radius 3 is 1.65 bits per heavy atom. The summed E-state index contributed by atoms with van der Waals surface area (Å²) in [6, 6.07) is -0.586. The lowest BCUT2D eigenvalue weighted by molar-refractivity contribution is -0.149. The Morgan fingerprint density at radius 1 is 0.710 bits per heavy atom. The van der Waals surface area contributed by atoms with Gasteiger partial charge in [0.05, 0.1) is 13.2 Å². The highest BCUT2D eigenvalue weighted by molar-refractivity contribution is 5.81. The molecule has 0 rings (SSSR count). The van der Waals surface area contributed by atoms with Crippen molar-refractivity contribution in [3.05, 3.63) is 0 Å². The summed E-state index contributed by atoms with van der Waals surface area (Å²) in [5, 5.41) is 0. The van der Waals surface area contributed by atoms with E-state index in [1.54, 1.807) is 7.05 Å². The number of likely N-dealkylation sites (N-methyl/N-ethyl adjacent to an activating group) is 1. The van der Waals surface area contributed by atoms with Crippen molar-refractivity contribution < 1.29 is 19.1 Å². The van der Waals surface area contributed by atoms with Crippen LogP contribution in [-0.2, 0) is 14.3 Å². The van der Waals surface area contributed by atoms with Gasteiger partial charge in [-0.05, 0) is 24.7 Å². The molecule has 5 heteroatoms. The van der Waals surface area contributed by atoms with Crippen molar-refractivity contribution in [2.24, 2.45) is 11.8 Å². The Labute approximate surface area is 192 Å². The number of unbranched alkanes of at least 4 members (excludes halogenated alkanes) is 11. The lowest BCUT2D eigenvalue weighted by Crippen LogP contribution is -2.44. The van der Waals surface area contributed by atoms with E-state index in [0.29, 0.717) is 19.6 Å². The fourth-order valence-electron chi connectivity index (χ4n) is 3.54. The molecule has 0 bridgehead atoms. The average Bonchev–Trinajstić information content (AvgIpc) is 2.72. The largest absolute Gasteiger partial charge is 0.464 e. The zero-order valence-electron chi connectivity index (χ0n) is 21.4. The first kappa shape index (κ1) is 29.7. The van der Waals surface area contributed by atoms with Gasteiger partial charge in [0.15, 0.2) is 0 Å². The topological polar surface area (TPSA) is 55.8 Å². The van der Waals surface area contributed by atoms with E-state index < -0.39 is 12.1 Å². The molecule has 184 valence electrons. The predicted octanol–water partition coefficient (Wildman–Crippen LogP) is 7.37. The molecule has 0 fully saturated rings. The second-order valence-electron chi connectivity index (χ2n) is 9.78. The molecular formula is C26H51NO4. The molecule has 0 spiro atoms. The van der Waals surface area contributed by atoms with Gasteiger partial charge in [0, 0.05) is 7.05 Å². The van der Waals surface area contributed by atoms with Crippen LogP contribution >= 0.6 is 0 Å². The van der Waals surface area contributed by atoms with Crippen LogP contribution in [0.5, 0.6) is 0 Å². The van der Waals surface area contributed by atoms with Crippen molar-refractivity contribution in [1.82, 2.24) is 4.90 Å². The summed E-state index contributed by atoms with van der Waals surface area (Å²) in [6.45, 7) is 11.1. The number of ether oxygens (including phenoxy) is 2. The standard InChI is InChI=1S/C26H51NO4/c1-7-8-9-10-11-12-13-14-15-16-17-18-19-30-25(28)24(20-22(2)3)27(6)26(29)31-21-23(4)5/h22-24H,7-21H2,1-6H3. The fraction of sp³-hybridized carbons (Fsp3) is 0.923. The Balaban J connectivity index is 3.99.